The van der Waals surface area contributed by atoms with E-state index in [1.807, 2.05) is 49.6 Å². The molecule has 0 spiro atoms. The number of carbonyl (C=O) groups excluding carboxylic acids is 1. The van der Waals surface area contributed by atoms with Crippen molar-refractivity contribution in [2.75, 3.05) is 5.32 Å². The number of imidazole rings is 1. The third kappa shape index (κ3) is 4.82. The third-order valence-corrected chi connectivity index (χ3v) is 8.09. The maximum atomic E-state index is 13.8. The normalized spacial score (nSPS) is 21.9. The molecule has 2 aliphatic carbocycles. The van der Waals surface area contributed by atoms with Crippen molar-refractivity contribution in [1.82, 2.24) is 9.55 Å². The first-order valence-electron chi connectivity index (χ1n) is 12.5. The fourth-order valence-corrected chi connectivity index (χ4v) is 4.97. The Bertz CT molecular complexity index is 1380. The van der Waals surface area contributed by atoms with Gasteiger partial charge in [-0.25, -0.2) is 13.8 Å². The first-order chi connectivity index (χ1) is 17.4. The largest absolute Gasteiger partial charge is 0.427 e. The summed E-state index contributed by atoms with van der Waals surface area (Å²) in [5.41, 5.74) is 2.00. The van der Waals surface area contributed by atoms with Crippen molar-refractivity contribution >= 4 is 35.6 Å². The minimum atomic E-state index is -1.01. The number of rotatable bonds is 8. The van der Waals surface area contributed by atoms with E-state index >= 15 is 0 Å². The van der Waals surface area contributed by atoms with Crippen LogP contribution in [0.2, 0.25) is 0 Å². The van der Waals surface area contributed by atoms with Crippen LogP contribution in [0, 0.1) is 29.4 Å². The molecule has 2 aromatic carbocycles. The fourth-order valence-electron chi connectivity index (χ4n) is 4.97. The van der Waals surface area contributed by atoms with E-state index in [1.54, 1.807) is 27.7 Å². The van der Waals surface area contributed by atoms with Gasteiger partial charge in [-0.2, -0.15) is 0 Å². The summed E-state index contributed by atoms with van der Waals surface area (Å²) < 4.78 is 35.0. The number of allylic oxidation sites excluding steroid dienone is 2. The van der Waals surface area contributed by atoms with Crippen molar-refractivity contribution in [2.24, 2.45) is 17.8 Å². The summed E-state index contributed by atoms with van der Waals surface area (Å²) in [6, 6.07) is 9.69. The molecular weight excluding hydrogens is 475 g/mol. The summed E-state index contributed by atoms with van der Waals surface area (Å²) in [6.45, 7) is 8.99. The number of hydrogen-bond donors (Lipinski definition) is 2. The van der Waals surface area contributed by atoms with Gasteiger partial charge in [0.05, 0.1) is 34.6 Å². The lowest BCUT2D eigenvalue weighted by Crippen LogP contribution is -2.49. The lowest BCUT2D eigenvalue weighted by molar-refractivity contribution is -0.120. The Morgan fingerprint density at radius 1 is 1.19 bits per heavy atom. The smallest absolute Gasteiger partial charge is 0.330 e. The van der Waals surface area contributed by atoms with Crippen LogP contribution >= 0.6 is 0 Å². The first-order valence-corrected chi connectivity index (χ1v) is 12.5. The molecule has 0 aliphatic heterocycles. The highest BCUT2D eigenvalue weighted by molar-refractivity contribution is 6.47. The molecule has 6 nitrogen and oxygen atoms in total. The topological polar surface area (TPSA) is 76.4 Å². The summed E-state index contributed by atoms with van der Waals surface area (Å²) in [5, 5.41) is 13.2. The predicted molar refractivity (Wildman–Crippen MR) is 139 cm³/mol. The molecular formula is C28H31BF2N3O3. The third-order valence-electron chi connectivity index (χ3n) is 8.09. The minimum Gasteiger partial charge on any atom is -0.427 e. The van der Waals surface area contributed by atoms with Crippen LogP contribution in [0.5, 0.6) is 0 Å². The van der Waals surface area contributed by atoms with Gasteiger partial charge in [0.25, 0.3) is 0 Å². The summed E-state index contributed by atoms with van der Waals surface area (Å²) in [5.74, 6) is -1.53. The second-order valence-electron chi connectivity index (χ2n) is 11.2. The zero-order valence-corrected chi connectivity index (χ0v) is 21.6. The molecule has 2 aliphatic rings. The number of amides is 1. The lowest BCUT2D eigenvalue weighted by Gasteiger charge is -2.37. The number of aromatic nitrogens is 2. The van der Waals surface area contributed by atoms with E-state index in [1.165, 1.54) is 11.6 Å². The molecule has 0 saturated heterocycles. The van der Waals surface area contributed by atoms with E-state index in [0.717, 1.165) is 17.9 Å². The highest BCUT2D eigenvalue weighted by Crippen LogP contribution is 2.60. The van der Waals surface area contributed by atoms with Crippen molar-refractivity contribution < 1.29 is 23.3 Å². The molecule has 1 aromatic heterocycles. The summed E-state index contributed by atoms with van der Waals surface area (Å²) in [4.78, 5) is 17.2. The Morgan fingerprint density at radius 2 is 1.86 bits per heavy atom. The number of carbonyl (C=O) groups is 1. The molecule has 2 N–H and O–H groups in total. The minimum absolute atomic E-state index is 0.0220. The zero-order valence-electron chi connectivity index (χ0n) is 21.6. The van der Waals surface area contributed by atoms with Crippen LogP contribution in [-0.4, -0.2) is 39.2 Å². The van der Waals surface area contributed by atoms with Crippen LogP contribution in [0.3, 0.4) is 0 Å². The van der Waals surface area contributed by atoms with Gasteiger partial charge in [0, 0.05) is 23.7 Å². The highest BCUT2D eigenvalue weighted by Gasteiger charge is 2.53. The molecule has 1 amide bonds. The van der Waals surface area contributed by atoms with E-state index in [0.29, 0.717) is 22.6 Å². The molecule has 1 fully saturated rings. The van der Waals surface area contributed by atoms with Gasteiger partial charge in [-0.05, 0) is 58.1 Å². The van der Waals surface area contributed by atoms with Crippen LogP contribution in [0.4, 0.5) is 14.5 Å². The van der Waals surface area contributed by atoms with Gasteiger partial charge in [0.1, 0.15) is 0 Å². The molecule has 9 heteroatoms. The number of anilines is 1. The highest BCUT2D eigenvalue weighted by atomic mass is 19.2. The summed E-state index contributed by atoms with van der Waals surface area (Å²) in [6.07, 6.45) is 4.58. The SMILES string of the molecule is C[C@H](C(=O)Nc1ccc([B]OC(C)(C)C(C)(C)O)cc1)[C@H]1C2=C[C@@H](n3cnc4cc(F)c(F)cc43)C[C@@H]21. The molecule has 4 atom stereocenters. The Hall–Kier alpha value is -3.04. The van der Waals surface area contributed by atoms with Gasteiger partial charge in [-0.15, -0.1) is 0 Å². The van der Waals surface area contributed by atoms with Gasteiger partial charge < -0.3 is 19.6 Å². The second-order valence-corrected chi connectivity index (χ2v) is 11.2. The van der Waals surface area contributed by atoms with Crippen molar-refractivity contribution in [2.45, 2.75) is 58.3 Å². The Morgan fingerprint density at radius 3 is 2.49 bits per heavy atom. The van der Waals surface area contributed by atoms with Gasteiger partial charge in [0.15, 0.2) is 11.6 Å². The van der Waals surface area contributed by atoms with E-state index < -0.39 is 22.8 Å². The monoisotopic (exact) mass is 506 g/mol. The van der Waals surface area contributed by atoms with E-state index in [-0.39, 0.29) is 23.8 Å². The Balaban J connectivity index is 1.18. The van der Waals surface area contributed by atoms with Gasteiger partial charge in [0.2, 0.25) is 5.91 Å². The lowest BCUT2D eigenvalue weighted by atomic mass is 9.82. The van der Waals surface area contributed by atoms with E-state index in [2.05, 4.69) is 16.4 Å². The van der Waals surface area contributed by atoms with Crippen molar-refractivity contribution in [1.29, 1.82) is 0 Å². The maximum absolute atomic E-state index is 13.8. The second kappa shape index (κ2) is 9.06. The molecule has 3 aromatic rings. The van der Waals surface area contributed by atoms with Crippen LogP contribution in [-0.2, 0) is 9.45 Å². The average molecular weight is 506 g/mol. The number of fused-ring (bicyclic) bond motifs is 2. The summed E-state index contributed by atoms with van der Waals surface area (Å²) >= 11 is 0. The molecule has 193 valence electrons. The average Bonchev–Trinajstić information content (AvgIpc) is 3.13. The zero-order chi connectivity index (χ0) is 26.7. The van der Waals surface area contributed by atoms with Crippen LogP contribution in [0.1, 0.15) is 47.1 Å². The summed E-state index contributed by atoms with van der Waals surface area (Å²) in [7, 11) is 1.61. The van der Waals surface area contributed by atoms with Gasteiger partial charge in [-0.3, -0.25) is 4.79 Å². The van der Waals surface area contributed by atoms with Crippen molar-refractivity contribution in [3.8, 4) is 0 Å². The maximum Gasteiger partial charge on any atom is 0.330 e. The number of aliphatic hydroxyl groups is 1. The van der Waals surface area contributed by atoms with Crippen LogP contribution < -0.4 is 10.8 Å². The number of halogens is 2. The van der Waals surface area contributed by atoms with Gasteiger partial charge >= 0.3 is 7.48 Å². The number of benzene rings is 2. The number of nitrogens with one attached hydrogen (secondary N) is 1. The standard InChI is InChI=1S/C28H31BF2N3O3/c1-15(26(35)33-17-8-6-16(7-9-17)29-37-28(4,5)27(2,3)36)25-19-10-18(11-20(19)25)34-14-32-23-12-21(30)22(31)13-24(23)34/h6-10,12-15,18,20,25,36H,11H2,1-5H3,(H,33,35)/t15-,18+,20-,25-/m0/s1. The van der Waals surface area contributed by atoms with E-state index in [4.69, 9.17) is 4.65 Å². The number of nitrogens with zero attached hydrogens (tertiary/aromatic N) is 2. The van der Waals surface area contributed by atoms with E-state index in [9.17, 15) is 18.7 Å². The molecule has 1 saturated carbocycles. The Labute approximate surface area is 216 Å². The first kappa shape index (κ1) is 25.6. The fraction of sp³-hybridized carbons (Fsp3) is 0.429. The van der Waals surface area contributed by atoms with Crippen molar-refractivity contribution in [3.05, 3.63) is 66.0 Å². The van der Waals surface area contributed by atoms with Crippen molar-refractivity contribution in [3.63, 3.8) is 0 Å². The molecule has 37 heavy (non-hydrogen) atoms. The molecule has 0 bridgehead atoms. The quantitative estimate of drug-likeness (QED) is 0.348. The van der Waals surface area contributed by atoms with Crippen LogP contribution in [0.25, 0.3) is 11.0 Å². The molecule has 1 radical (unpaired) electrons. The van der Waals surface area contributed by atoms with Crippen LogP contribution in [0.15, 0.2) is 54.4 Å². The molecule has 5 rings (SSSR count). The number of hydrogen-bond acceptors (Lipinski definition) is 4. The molecule has 0 unspecified atom stereocenters. The van der Waals surface area contributed by atoms with Gasteiger partial charge in [-0.1, -0.05) is 36.2 Å². The molecule has 1 heterocycles. The predicted octanol–water partition coefficient (Wildman–Crippen LogP) is 4.52. The Kier molecular flexibility index (Phi) is 6.27.